The molecule has 0 radical (unpaired) electrons. The second-order valence-electron chi connectivity index (χ2n) is 6.80. The topological polar surface area (TPSA) is 86.9 Å². The average molecular weight is 364 g/mol. The van der Waals surface area contributed by atoms with Crippen LogP contribution in [0.2, 0.25) is 0 Å². The number of hydrogen-bond donors (Lipinski definition) is 3. The number of carbonyl (C=O) groups excluding carboxylic acids is 2. The minimum atomic E-state index is -0.656. The summed E-state index contributed by atoms with van der Waals surface area (Å²) in [5, 5.41) is 5.67. The van der Waals surface area contributed by atoms with Gasteiger partial charge in [0, 0.05) is 5.56 Å². The Balaban J connectivity index is 1.77. The van der Waals surface area contributed by atoms with Gasteiger partial charge in [0.15, 0.2) is 0 Å². The largest absolute Gasteiger partial charge is 0.340 e. The zero-order valence-corrected chi connectivity index (χ0v) is 15.7. The van der Waals surface area contributed by atoms with Crippen molar-refractivity contribution in [2.75, 3.05) is 5.32 Å². The standard InChI is InChI=1S/C21H24N4O2/c1-4-14(3)18(24-19(26)15-9-7-8-13(2)12-15)20(27)25-21-22-16-10-5-6-11-17(16)23-21/h5-12,14,18H,4H2,1-3H3,(H,24,26)(H2,22,23,25,27)/t14-,18-/m0/s1. The van der Waals surface area contributed by atoms with Crippen molar-refractivity contribution in [2.45, 2.75) is 33.2 Å². The molecule has 6 heteroatoms. The molecule has 0 saturated carbocycles. The molecule has 3 rings (SSSR count). The molecule has 0 fully saturated rings. The number of imidazole rings is 1. The summed E-state index contributed by atoms with van der Waals surface area (Å²) < 4.78 is 0. The number of H-pyrrole nitrogens is 1. The van der Waals surface area contributed by atoms with Crippen LogP contribution < -0.4 is 10.6 Å². The van der Waals surface area contributed by atoms with Crippen LogP contribution in [0.5, 0.6) is 0 Å². The minimum Gasteiger partial charge on any atom is -0.340 e. The number of aromatic nitrogens is 2. The van der Waals surface area contributed by atoms with Gasteiger partial charge in [-0.3, -0.25) is 14.9 Å². The molecule has 3 N–H and O–H groups in total. The smallest absolute Gasteiger partial charge is 0.251 e. The van der Waals surface area contributed by atoms with Crippen LogP contribution in [0.15, 0.2) is 48.5 Å². The summed E-state index contributed by atoms with van der Waals surface area (Å²) in [4.78, 5) is 32.9. The fourth-order valence-electron chi connectivity index (χ4n) is 2.92. The monoisotopic (exact) mass is 364 g/mol. The van der Waals surface area contributed by atoms with E-state index in [-0.39, 0.29) is 17.7 Å². The van der Waals surface area contributed by atoms with Crippen LogP contribution >= 0.6 is 0 Å². The van der Waals surface area contributed by atoms with E-state index in [2.05, 4.69) is 20.6 Å². The van der Waals surface area contributed by atoms with Crippen molar-refractivity contribution >= 4 is 28.8 Å². The molecule has 3 aromatic rings. The third-order valence-electron chi connectivity index (χ3n) is 4.69. The van der Waals surface area contributed by atoms with Gasteiger partial charge in [-0.15, -0.1) is 0 Å². The van der Waals surface area contributed by atoms with Crippen molar-refractivity contribution < 1.29 is 9.59 Å². The number of benzene rings is 2. The Morgan fingerprint density at radius 2 is 1.93 bits per heavy atom. The molecule has 0 spiro atoms. The van der Waals surface area contributed by atoms with Gasteiger partial charge in [0.1, 0.15) is 6.04 Å². The van der Waals surface area contributed by atoms with Crippen molar-refractivity contribution in [3.05, 3.63) is 59.7 Å². The number of anilines is 1. The van der Waals surface area contributed by atoms with E-state index in [4.69, 9.17) is 0 Å². The molecule has 140 valence electrons. The van der Waals surface area contributed by atoms with Crippen molar-refractivity contribution in [1.82, 2.24) is 15.3 Å². The maximum absolute atomic E-state index is 12.8. The van der Waals surface area contributed by atoms with Gasteiger partial charge in [0.2, 0.25) is 11.9 Å². The third-order valence-corrected chi connectivity index (χ3v) is 4.69. The van der Waals surface area contributed by atoms with Gasteiger partial charge in [-0.1, -0.05) is 50.1 Å². The van der Waals surface area contributed by atoms with E-state index in [9.17, 15) is 9.59 Å². The summed E-state index contributed by atoms with van der Waals surface area (Å²) >= 11 is 0. The van der Waals surface area contributed by atoms with Crippen LogP contribution in [0.3, 0.4) is 0 Å². The van der Waals surface area contributed by atoms with Crippen molar-refractivity contribution in [2.24, 2.45) is 5.92 Å². The zero-order chi connectivity index (χ0) is 19.4. The molecule has 0 aliphatic rings. The van der Waals surface area contributed by atoms with Gasteiger partial charge in [0.05, 0.1) is 11.0 Å². The Hall–Kier alpha value is -3.15. The quantitative estimate of drug-likeness (QED) is 0.624. The lowest BCUT2D eigenvalue weighted by Gasteiger charge is -2.23. The lowest BCUT2D eigenvalue weighted by Crippen LogP contribution is -2.47. The number of nitrogens with zero attached hydrogens (tertiary/aromatic N) is 1. The Kier molecular flexibility index (Phi) is 5.54. The van der Waals surface area contributed by atoms with Gasteiger partial charge < -0.3 is 10.3 Å². The lowest BCUT2D eigenvalue weighted by molar-refractivity contribution is -0.119. The van der Waals surface area contributed by atoms with Crippen molar-refractivity contribution in [3.8, 4) is 0 Å². The summed E-state index contributed by atoms with van der Waals surface area (Å²) in [7, 11) is 0. The number of rotatable bonds is 6. The Morgan fingerprint density at radius 3 is 2.63 bits per heavy atom. The molecular weight excluding hydrogens is 340 g/mol. The highest BCUT2D eigenvalue weighted by molar-refractivity contribution is 6.01. The maximum atomic E-state index is 12.8. The molecule has 2 aromatic carbocycles. The van der Waals surface area contributed by atoms with Crippen molar-refractivity contribution in [1.29, 1.82) is 0 Å². The molecule has 0 unspecified atom stereocenters. The summed E-state index contributed by atoms with van der Waals surface area (Å²) in [5.41, 5.74) is 3.16. The zero-order valence-electron chi connectivity index (χ0n) is 15.7. The molecule has 0 bridgehead atoms. The molecule has 0 aliphatic carbocycles. The van der Waals surface area contributed by atoms with Gasteiger partial charge >= 0.3 is 0 Å². The van der Waals surface area contributed by atoms with E-state index in [0.717, 1.165) is 23.0 Å². The minimum absolute atomic E-state index is 0.0249. The molecule has 27 heavy (non-hydrogen) atoms. The molecule has 2 atom stereocenters. The number of fused-ring (bicyclic) bond motifs is 1. The van der Waals surface area contributed by atoms with E-state index in [0.29, 0.717) is 11.5 Å². The maximum Gasteiger partial charge on any atom is 0.251 e. The number of aryl methyl sites for hydroxylation is 1. The van der Waals surface area contributed by atoms with Crippen LogP contribution in [0.4, 0.5) is 5.95 Å². The summed E-state index contributed by atoms with van der Waals surface area (Å²) in [6, 6.07) is 14.2. The first-order chi connectivity index (χ1) is 13.0. The van der Waals surface area contributed by atoms with E-state index in [1.54, 1.807) is 12.1 Å². The first-order valence-electron chi connectivity index (χ1n) is 9.11. The third kappa shape index (κ3) is 4.34. The SMILES string of the molecule is CC[C@H](C)[C@H](NC(=O)c1cccc(C)c1)C(=O)Nc1nc2ccccc2[nH]1. The second kappa shape index (κ2) is 8.03. The number of para-hydroxylation sites is 2. The highest BCUT2D eigenvalue weighted by Crippen LogP contribution is 2.16. The van der Waals surface area contributed by atoms with Gasteiger partial charge in [-0.2, -0.15) is 0 Å². The lowest BCUT2D eigenvalue weighted by atomic mass is 9.97. The average Bonchev–Trinajstić information content (AvgIpc) is 3.07. The second-order valence-corrected chi connectivity index (χ2v) is 6.80. The van der Waals surface area contributed by atoms with Crippen LogP contribution in [0.1, 0.15) is 36.2 Å². The molecule has 1 aromatic heterocycles. The van der Waals surface area contributed by atoms with Crippen LogP contribution in [-0.2, 0) is 4.79 Å². The predicted molar refractivity (Wildman–Crippen MR) is 107 cm³/mol. The van der Waals surface area contributed by atoms with E-state index >= 15 is 0 Å². The van der Waals surface area contributed by atoms with Gasteiger partial charge in [-0.05, 0) is 37.1 Å². The fraction of sp³-hybridized carbons (Fsp3) is 0.286. The van der Waals surface area contributed by atoms with Crippen LogP contribution in [0.25, 0.3) is 11.0 Å². The molecular formula is C21H24N4O2. The summed E-state index contributed by atoms with van der Waals surface area (Å²) in [5.74, 6) is -0.199. The molecule has 1 heterocycles. The first kappa shape index (κ1) is 18.6. The van der Waals surface area contributed by atoms with Gasteiger partial charge in [0.25, 0.3) is 5.91 Å². The number of nitrogens with one attached hydrogen (secondary N) is 3. The molecule has 2 amide bonds. The summed E-state index contributed by atoms with van der Waals surface area (Å²) in [6.07, 6.45) is 0.756. The Bertz CT molecular complexity index is 930. The highest BCUT2D eigenvalue weighted by Gasteiger charge is 2.27. The summed E-state index contributed by atoms with van der Waals surface area (Å²) in [6.45, 7) is 5.86. The molecule has 6 nitrogen and oxygen atoms in total. The molecule has 0 saturated heterocycles. The number of hydrogen-bond acceptors (Lipinski definition) is 3. The van der Waals surface area contributed by atoms with Crippen molar-refractivity contribution in [3.63, 3.8) is 0 Å². The fourth-order valence-corrected chi connectivity index (χ4v) is 2.92. The van der Waals surface area contributed by atoms with E-state index in [1.807, 2.05) is 57.2 Å². The van der Waals surface area contributed by atoms with Crippen LogP contribution in [-0.4, -0.2) is 27.8 Å². The van der Waals surface area contributed by atoms with Gasteiger partial charge in [-0.25, -0.2) is 4.98 Å². The number of amides is 2. The number of aromatic amines is 1. The van der Waals surface area contributed by atoms with E-state index < -0.39 is 6.04 Å². The normalized spacial score (nSPS) is 13.1. The first-order valence-corrected chi connectivity index (χ1v) is 9.11. The van der Waals surface area contributed by atoms with Crippen LogP contribution in [0, 0.1) is 12.8 Å². The highest BCUT2D eigenvalue weighted by atomic mass is 16.2. The number of carbonyl (C=O) groups is 2. The van der Waals surface area contributed by atoms with E-state index in [1.165, 1.54) is 0 Å². The Labute approximate surface area is 158 Å². The predicted octanol–water partition coefficient (Wildman–Crippen LogP) is 3.65. The molecule has 0 aliphatic heterocycles. The Morgan fingerprint density at radius 1 is 1.15 bits per heavy atom.